The molecule has 4 nitrogen and oxygen atoms in total. The summed E-state index contributed by atoms with van der Waals surface area (Å²) in [5, 5.41) is 4.80. The molecule has 0 fully saturated rings. The van der Waals surface area contributed by atoms with Gasteiger partial charge in [-0.15, -0.1) is 0 Å². The smallest absolute Gasteiger partial charge is 0.0896 e. The number of hydrazine groups is 1. The van der Waals surface area contributed by atoms with E-state index in [2.05, 4.69) is 43.4 Å². The third kappa shape index (κ3) is 2.73. The monoisotopic (exact) mass is 292 g/mol. The number of hydrogen-bond donors (Lipinski definition) is 2. The maximum absolute atomic E-state index is 6.26. The maximum Gasteiger partial charge on any atom is 0.0896 e. The van der Waals surface area contributed by atoms with E-state index in [1.54, 1.807) is 10.9 Å². The molecular formula is C15H21ClN4. The van der Waals surface area contributed by atoms with Crippen molar-refractivity contribution < 1.29 is 0 Å². The highest BCUT2D eigenvalue weighted by molar-refractivity contribution is 6.31. The lowest BCUT2D eigenvalue weighted by Crippen LogP contribution is -2.32. The number of rotatable bonds is 3. The second-order valence-corrected chi connectivity index (χ2v) is 6.35. The minimum Gasteiger partial charge on any atom is -0.271 e. The van der Waals surface area contributed by atoms with Crippen LogP contribution in [0.2, 0.25) is 5.02 Å². The van der Waals surface area contributed by atoms with Crippen molar-refractivity contribution in [1.82, 2.24) is 15.2 Å². The average Bonchev–Trinajstić information content (AvgIpc) is 2.71. The van der Waals surface area contributed by atoms with Gasteiger partial charge in [0.15, 0.2) is 0 Å². The van der Waals surface area contributed by atoms with Gasteiger partial charge in [-0.05, 0) is 16.5 Å². The van der Waals surface area contributed by atoms with E-state index < -0.39 is 0 Å². The van der Waals surface area contributed by atoms with Crippen LogP contribution in [-0.4, -0.2) is 9.78 Å². The molecule has 0 radical (unpaired) electrons. The molecule has 2 aromatic rings. The molecule has 0 aliphatic heterocycles. The molecule has 0 spiro atoms. The van der Waals surface area contributed by atoms with Crippen LogP contribution in [0.4, 0.5) is 0 Å². The average molecular weight is 293 g/mol. The predicted octanol–water partition coefficient (Wildman–Crippen LogP) is 2.92. The summed E-state index contributed by atoms with van der Waals surface area (Å²) in [6.07, 6.45) is 1.64. The molecule has 0 aliphatic rings. The number of nitrogens with zero attached hydrogens (tertiary/aromatic N) is 2. The summed E-state index contributed by atoms with van der Waals surface area (Å²) in [4.78, 5) is 0. The molecule has 1 aromatic carbocycles. The largest absolute Gasteiger partial charge is 0.271 e. The van der Waals surface area contributed by atoms with Gasteiger partial charge < -0.3 is 0 Å². The maximum atomic E-state index is 6.26. The summed E-state index contributed by atoms with van der Waals surface area (Å²) in [5.74, 6) is 5.80. The Morgan fingerprint density at radius 1 is 1.30 bits per heavy atom. The third-order valence-electron chi connectivity index (χ3n) is 3.46. The number of hydrogen-bond acceptors (Lipinski definition) is 3. The van der Waals surface area contributed by atoms with Crippen molar-refractivity contribution in [3.05, 3.63) is 52.3 Å². The Balaban J connectivity index is 2.60. The SMILES string of the molecule is Cn1ncc(Cl)c1C(NN)c1ccccc1C(C)(C)C. The molecule has 1 unspecified atom stereocenters. The van der Waals surface area contributed by atoms with Crippen LogP contribution >= 0.6 is 11.6 Å². The molecule has 0 aliphatic carbocycles. The predicted molar refractivity (Wildman–Crippen MR) is 82.5 cm³/mol. The van der Waals surface area contributed by atoms with Gasteiger partial charge >= 0.3 is 0 Å². The molecule has 2 rings (SSSR count). The van der Waals surface area contributed by atoms with Crippen molar-refractivity contribution >= 4 is 11.6 Å². The summed E-state index contributed by atoms with van der Waals surface area (Å²) < 4.78 is 1.76. The molecule has 20 heavy (non-hydrogen) atoms. The standard InChI is InChI=1S/C15H21ClN4/c1-15(2,3)11-8-6-5-7-10(11)13(19-17)14-12(16)9-18-20(14)4/h5-9,13,19H,17H2,1-4H3. The van der Waals surface area contributed by atoms with Gasteiger partial charge in [0.2, 0.25) is 0 Å². The molecule has 108 valence electrons. The van der Waals surface area contributed by atoms with Crippen LogP contribution in [0.1, 0.15) is 43.6 Å². The van der Waals surface area contributed by atoms with Gasteiger partial charge in [0.05, 0.1) is 23.0 Å². The number of benzene rings is 1. The van der Waals surface area contributed by atoms with E-state index >= 15 is 0 Å². The summed E-state index contributed by atoms with van der Waals surface area (Å²) in [7, 11) is 1.87. The van der Waals surface area contributed by atoms with Crippen LogP contribution in [0.15, 0.2) is 30.5 Å². The minimum atomic E-state index is -0.189. The topological polar surface area (TPSA) is 55.9 Å². The van der Waals surface area contributed by atoms with Crippen molar-refractivity contribution in [1.29, 1.82) is 0 Å². The first-order valence-corrected chi connectivity index (χ1v) is 6.97. The van der Waals surface area contributed by atoms with E-state index in [-0.39, 0.29) is 11.5 Å². The van der Waals surface area contributed by atoms with Crippen LogP contribution in [0.25, 0.3) is 0 Å². The van der Waals surface area contributed by atoms with Gasteiger partial charge in [-0.25, -0.2) is 5.43 Å². The fraction of sp³-hybridized carbons (Fsp3) is 0.400. The Labute approximate surface area is 124 Å². The lowest BCUT2D eigenvalue weighted by atomic mass is 9.81. The van der Waals surface area contributed by atoms with Crippen molar-refractivity contribution in [3.8, 4) is 0 Å². The van der Waals surface area contributed by atoms with E-state index in [9.17, 15) is 0 Å². The highest BCUT2D eigenvalue weighted by Gasteiger charge is 2.26. The molecule has 0 amide bonds. The molecule has 1 atom stereocenters. The van der Waals surface area contributed by atoms with Crippen LogP contribution in [0, 0.1) is 0 Å². The Morgan fingerprint density at radius 3 is 2.45 bits per heavy atom. The molecular weight excluding hydrogens is 272 g/mol. The zero-order valence-corrected chi connectivity index (χ0v) is 13.1. The molecule has 0 saturated carbocycles. The van der Waals surface area contributed by atoms with E-state index in [0.717, 1.165) is 11.3 Å². The number of aromatic nitrogens is 2. The number of halogens is 1. The molecule has 3 N–H and O–H groups in total. The summed E-state index contributed by atoms with van der Waals surface area (Å²) in [6.45, 7) is 6.55. The Hall–Kier alpha value is -1.36. The molecule has 1 heterocycles. The number of nitrogens with one attached hydrogen (secondary N) is 1. The van der Waals surface area contributed by atoms with Crippen molar-refractivity contribution in [2.24, 2.45) is 12.9 Å². The van der Waals surface area contributed by atoms with E-state index in [1.165, 1.54) is 5.56 Å². The summed E-state index contributed by atoms with van der Waals surface area (Å²) in [5.41, 5.74) is 6.12. The Morgan fingerprint density at radius 2 is 1.95 bits per heavy atom. The van der Waals surface area contributed by atoms with Crippen molar-refractivity contribution in [2.75, 3.05) is 0 Å². The fourth-order valence-electron chi connectivity index (χ4n) is 2.49. The lowest BCUT2D eigenvalue weighted by Gasteiger charge is -2.27. The van der Waals surface area contributed by atoms with Crippen molar-refractivity contribution in [3.63, 3.8) is 0 Å². The van der Waals surface area contributed by atoms with E-state index in [0.29, 0.717) is 5.02 Å². The normalized spacial score (nSPS) is 13.5. The first-order chi connectivity index (χ1) is 9.36. The Kier molecular flexibility index (Phi) is 4.18. The van der Waals surface area contributed by atoms with Crippen LogP contribution in [-0.2, 0) is 12.5 Å². The molecule has 5 heteroatoms. The fourth-order valence-corrected chi connectivity index (χ4v) is 2.77. The van der Waals surface area contributed by atoms with Gasteiger partial charge in [-0.3, -0.25) is 10.5 Å². The van der Waals surface area contributed by atoms with Gasteiger partial charge in [0, 0.05) is 7.05 Å². The Bertz CT molecular complexity index is 579. The van der Waals surface area contributed by atoms with E-state index in [1.807, 2.05) is 19.2 Å². The zero-order chi connectivity index (χ0) is 14.9. The van der Waals surface area contributed by atoms with Crippen LogP contribution in [0.3, 0.4) is 0 Å². The van der Waals surface area contributed by atoms with E-state index in [4.69, 9.17) is 17.4 Å². The second-order valence-electron chi connectivity index (χ2n) is 5.94. The summed E-state index contributed by atoms with van der Waals surface area (Å²) >= 11 is 6.26. The second kappa shape index (κ2) is 5.56. The van der Waals surface area contributed by atoms with Crippen LogP contribution < -0.4 is 11.3 Å². The third-order valence-corrected chi connectivity index (χ3v) is 3.75. The molecule has 0 bridgehead atoms. The van der Waals surface area contributed by atoms with Gasteiger partial charge in [0.1, 0.15) is 0 Å². The number of nitrogens with two attached hydrogens (primary N) is 1. The molecule has 0 saturated heterocycles. The van der Waals surface area contributed by atoms with Gasteiger partial charge in [0.25, 0.3) is 0 Å². The van der Waals surface area contributed by atoms with Gasteiger partial charge in [-0.2, -0.15) is 5.10 Å². The van der Waals surface area contributed by atoms with Gasteiger partial charge in [-0.1, -0.05) is 56.6 Å². The number of aryl methyl sites for hydroxylation is 1. The van der Waals surface area contributed by atoms with Crippen molar-refractivity contribution in [2.45, 2.75) is 32.2 Å². The lowest BCUT2D eigenvalue weighted by molar-refractivity contribution is 0.537. The minimum absolute atomic E-state index is 0.0246. The first kappa shape index (κ1) is 15.0. The van der Waals surface area contributed by atoms with Crippen LogP contribution in [0.5, 0.6) is 0 Å². The summed E-state index contributed by atoms with van der Waals surface area (Å²) in [6, 6.07) is 8.07. The highest BCUT2D eigenvalue weighted by Crippen LogP contribution is 2.34. The first-order valence-electron chi connectivity index (χ1n) is 6.59. The quantitative estimate of drug-likeness (QED) is 0.675. The molecule has 1 aromatic heterocycles. The highest BCUT2D eigenvalue weighted by atomic mass is 35.5. The zero-order valence-electron chi connectivity index (χ0n) is 12.3.